The summed E-state index contributed by atoms with van der Waals surface area (Å²) in [6, 6.07) is 14.6. The third-order valence-corrected chi connectivity index (χ3v) is 4.04. The lowest BCUT2D eigenvalue weighted by atomic mass is 10.1. The number of pyridine rings is 1. The molecule has 0 saturated carbocycles. The van der Waals surface area contributed by atoms with Crippen molar-refractivity contribution < 1.29 is 5.11 Å². The van der Waals surface area contributed by atoms with Crippen molar-refractivity contribution in [2.24, 2.45) is 0 Å². The van der Waals surface area contributed by atoms with Crippen molar-refractivity contribution in [1.82, 2.24) is 10.3 Å². The van der Waals surface area contributed by atoms with Gasteiger partial charge in [-0.2, -0.15) is 0 Å². The number of hydrogen-bond donors (Lipinski definition) is 3. The van der Waals surface area contributed by atoms with Crippen LogP contribution in [0.4, 0.5) is 0 Å². The van der Waals surface area contributed by atoms with Crippen LogP contribution in [0.5, 0.6) is 0 Å². The monoisotopic (exact) mass is 328 g/mol. The van der Waals surface area contributed by atoms with Gasteiger partial charge < -0.3 is 15.4 Å². The molecule has 3 N–H and O–H groups in total. The summed E-state index contributed by atoms with van der Waals surface area (Å²) < 4.78 is 0. The average molecular weight is 329 g/mol. The van der Waals surface area contributed by atoms with E-state index in [4.69, 9.17) is 16.7 Å². The van der Waals surface area contributed by atoms with Gasteiger partial charge in [0.05, 0.1) is 17.1 Å². The number of aromatic nitrogens is 1. The molecule has 5 heteroatoms. The van der Waals surface area contributed by atoms with Gasteiger partial charge in [-0.05, 0) is 23.3 Å². The highest BCUT2D eigenvalue weighted by Gasteiger charge is 2.05. The summed E-state index contributed by atoms with van der Waals surface area (Å²) in [5, 5.41) is 13.5. The maximum Gasteiger partial charge on any atom is 0.189 e. The van der Waals surface area contributed by atoms with Gasteiger partial charge in [-0.25, -0.2) is 0 Å². The largest absolute Gasteiger partial charge is 0.392 e. The lowest BCUT2D eigenvalue weighted by molar-refractivity contribution is 0.282. The van der Waals surface area contributed by atoms with Crippen LogP contribution in [0.25, 0.3) is 10.9 Å². The summed E-state index contributed by atoms with van der Waals surface area (Å²) in [5.41, 5.74) is 3.43. The number of rotatable bonds is 5. The number of hydrogen-bond acceptors (Lipinski definition) is 3. The molecule has 0 radical (unpaired) electrons. The zero-order chi connectivity index (χ0) is 16.2. The minimum absolute atomic E-state index is 0.0367. The molecule has 1 aromatic heterocycles. The molecule has 23 heavy (non-hydrogen) atoms. The van der Waals surface area contributed by atoms with Crippen LogP contribution < -0.4 is 10.7 Å². The molecule has 2 aromatic carbocycles. The Bertz CT molecular complexity index is 872. The fourth-order valence-electron chi connectivity index (χ4n) is 2.49. The molecule has 0 aliphatic heterocycles. The third-order valence-electron chi connectivity index (χ3n) is 3.72. The summed E-state index contributed by atoms with van der Waals surface area (Å²) >= 11 is 6.15. The number of aliphatic hydroxyl groups is 1. The minimum Gasteiger partial charge on any atom is -0.392 e. The number of nitrogens with one attached hydrogen (secondary N) is 2. The van der Waals surface area contributed by atoms with E-state index in [1.807, 2.05) is 24.3 Å². The van der Waals surface area contributed by atoms with Crippen LogP contribution in [-0.4, -0.2) is 10.1 Å². The molecule has 1 heterocycles. The molecular weight excluding hydrogens is 312 g/mol. The van der Waals surface area contributed by atoms with Gasteiger partial charge in [0.15, 0.2) is 5.43 Å². The lowest BCUT2D eigenvalue weighted by Gasteiger charge is -2.08. The Morgan fingerprint density at radius 2 is 1.78 bits per heavy atom. The number of H-pyrrole nitrogens is 1. The Balaban J connectivity index is 1.71. The Hall–Kier alpha value is -2.14. The molecule has 0 spiro atoms. The summed E-state index contributed by atoms with van der Waals surface area (Å²) in [6.45, 7) is 1.26. The van der Waals surface area contributed by atoms with Crippen molar-refractivity contribution in [3.05, 3.63) is 80.6 Å². The Kier molecular flexibility index (Phi) is 4.76. The van der Waals surface area contributed by atoms with Crippen LogP contribution in [0.15, 0.2) is 53.3 Å². The third kappa shape index (κ3) is 3.62. The fraction of sp³-hybridized carbons (Fsp3) is 0.167. The Labute approximate surface area is 138 Å². The van der Waals surface area contributed by atoms with Gasteiger partial charge in [-0.15, -0.1) is 0 Å². The molecule has 0 atom stereocenters. The summed E-state index contributed by atoms with van der Waals surface area (Å²) in [6.07, 6.45) is 0. The molecule has 0 unspecified atom stereocenters. The van der Waals surface area contributed by atoms with Crippen LogP contribution in [0.3, 0.4) is 0 Å². The van der Waals surface area contributed by atoms with E-state index in [1.165, 1.54) is 0 Å². The van der Waals surface area contributed by atoms with Gasteiger partial charge in [0.25, 0.3) is 0 Å². The predicted octanol–water partition coefficient (Wildman–Crippen LogP) is 2.96. The van der Waals surface area contributed by atoms with E-state index in [1.54, 1.807) is 24.3 Å². The van der Waals surface area contributed by atoms with E-state index in [0.29, 0.717) is 29.0 Å². The van der Waals surface area contributed by atoms with Gasteiger partial charge in [-0.1, -0.05) is 41.9 Å². The van der Waals surface area contributed by atoms with Crippen molar-refractivity contribution in [2.75, 3.05) is 0 Å². The van der Waals surface area contributed by atoms with Crippen molar-refractivity contribution in [3.63, 3.8) is 0 Å². The molecule has 0 saturated heterocycles. The second-order valence-corrected chi connectivity index (χ2v) is 5.81. The molecule has 0 aliphatic carbocycles. The van der Waals surface area contributed by atoms with E-state index >= 15 is 0 Å². The van der Waals surface area contributed by atoms with Crippen molar-refractivity contribution in [1.29, 1.82) is 0 Å². The van der Waals surface area contributed by atoms with E-state index in [9.17, 15) is 4.79 Å². The summed E-state index contributed by atoms with van der Waals surface area (Å²) in [7, 11) is 0. The molecule has 3 aromatic rings. The maximum atomic E-state index is 12.1. The molecule has 118 valence electrons. The first kappa shape index (κ1) is 15.7. The standard InChI is InChI=1S/C18H17ClN2O2/c19-16-3-1-2-15-17(23)8-14(21-18(15)16)10-20-9-12-4-6-13(11-22)7-5-12/h1-8,20,22H,9-11H2,(H,21,23). The van der Waals surface area contributed by atoms with E-state index in [0.717, 1.165) is 16.8 Å². The molecule has 0 amide bonds. The zero-order valence-electron chi connectivity index (χ0n) is 12.5. The second-order valence-electron chi connectivity index (χ2n) is 5.40. The lowest BCUT2D eigenvalue weighted by Crippen LogP contribution is -2.16. The highest BCUT2D eigenvalue weighted by Crippen LogP contribution is 2.18. The van der Waals surface area contributed by atoms with E-state index in [2.05, 4.69) is 10.3 Å². The topological polar surface area (TPSA) is 65.1 Å². The highest BCUT2D eigenvalue weighted by atomic mass is 35.5. The number of para-hydroxylation sites is 1. The zero-order valence-corrected chi connectivity index (χ0v) is 13.2. The quantitative estimate of drug-likeness (QED) is 0.674. The van der Waals surface area contributed by atoms with Gasteiger partial charge >= 0.3 is 0 Å². The predicted molar refractivity (Wildman–Crippen MR) is 92.5 cm³/mol. The van der Waals surface area contributed by atoms with Gasteiger partial charge in [0, 0.05) is 30.2 Å². The van der Waals surface area contributed by atoms with Crippen LogP contribution >= 0.6 is 11.6 Å². The first-order chi connectivity index (χ1) is 11.2. The van der Waals surface area contributed by atoms with Crippen molar-refractivity contribution in [2.45, 2.75) is 19.7 Å². The SMILES string of the molecule is O=c1cc(CNCc2ccc(CO)cc2)[nH]c2c(Cl)cccc12. The van der Waals surface area contributed by atoms with Gasteiger partial charge in [-0.3, -0.25) is 4.79 Å². The van der Waals surface area contributed by atoms with Crippen LogP contribution in [-0.2, 0) is 19.7 Å². The van der Waals surface area contributed by atoms with Gasteiger partial charge in [0.2, 0.25) is 0 Å². The molecule has 0 aliphatic rings. The smallest absolute Gasteiger partial charge is 0.189 e. The maximum absolute atomic E-state index is 12.1. The van der Waals surface area contributed by atoms with Crippen LogP contribution in [0, 0.1) is 0 Å². The van der Waals surface area contributed by atoms with Crippen molar-refractivity contribution >= 4 is 22.5 Å². The first-order valence-corrected chi connectivity index (χ1v) is 7.75. The number of halogens is 1. The second kappa shape index (κ2) is 6.96. The number of aromatic amines is 1. The van der Waals surface area contributed by atoms with E-state index in [-0.39, 0.29) is 12.0 Å². The molecule has 0 fully saturated rings. The van der Waals surface area contributed by atoms with Gasteiger partial charge in [0.1, 0.15) is 0 Å². The molecule has 4 nitrogen and oxygen atoms in total. The average Bonchev–Trinajstić information content (AvgIpc) is 2.57. The highest BCUT2D eigenvalue weighted by molar-refractivity contribution is 6.35. The number of aliphatic hydroxyl groups excluding tert-OH is 1. The van der Waals surface area contributed by atoms with Crippen LogP contribution in [0.2, 0.25) is 5.02 Å². The summed E-state index contributed by atoms with van der Waals surface area (Å²) in [5.74, 6) is 0. The fourth-order valence-corrected chi connectivity index (χ4v) is 2.71. The molecule has 0 bridgehead atoms. The molecular formula is C18H17ClN2O2. The van der Waals surface area contributed by atoms with Crippen LogP contribution in [0.1, 0.15) is 16.8 Å². The minimum atomic E-state index is -0.0367. The summed E-state index contributed by atoms with van der Waals surface area (Å²) in [4.78, 5) is 15.3. The number of fused-ring (bicyclic) bond motifs is 1. The van der Waals surface area contributed by atoms with Crippen molar-refractivity contribution in [3.8, 4) is 0 Å². The Morgan fingerprint density at radius 3 is 2.52 bits per heavy atom. The Morgan fingerprint density at radius 1 is 1.04 bits per heavy atom. The number of benzene rings is 2. The van der Waals surface area contributed by atoms with E-state index < -0.39 is 0 Å². The first-order valence-electron chi connectivity index (χ1n) is 7.37. The molecule has 3 rings (SSSR count). The normalized spacial score (nSPS) is 11.0.